The van der Waals surface area contributed by atoms with Crippen LogP contribution in [0.3, 0.4) is 0 Å². The SMILES string of the molecule is CSCC(N)c1ccccc1F. The average Bonchev–Trinajstić information content (AvgIpc) is 2.05. The highest BCUT2D eigenvalue weighted by Gasteiger charge is 2.08. The number of hydrogen-bond acceptors (Lipinski definition) is 2. The number of benzene rings is 1. The lowest BCUT2D eigenvalue weighted by atomic mass is 10.1. The van der Waals surface area contributed by atoms with Gasteiger partial charge in [-0.25, -0.2) is 4.39 Å². The lowest BCUT2D eigenvalue weighted by Gasteiger charge is -2.10. The summed E-state index contributed by atoms with van der Waals surface area (Å²) in [5.41, 5.74) is 6.35. The molecular formula is C9H12FNS. The van der Waals surface area contributed by atoms with Gasteiger partial charge in [-0.15, -0.1) is 0 Å². The van der Waals surface area contributed by atoms with Crippen LogP contribution < -0.4 is 5.73 Å². The fraction of sp³-hybridized carbons (Fsp3) is 0.333. The zero-order valence-corrected chi connectivity index (χ0v) is 7.77. The molecule has 1 aromatic rings. The Kier molecular flexibility index (Phi) is 3.56. The third-order valence-corrected chi connectivity index (χ3v) is 2.34. The standard InChI is InChI=1S/C9H12FNS/c1-12-6-9(11)7-4-2-3-5-8(7)10/h2-5,9H,6,11H2,1H3. The van der Waals surface area contributed by atoms with E-state index in [1.807, 2.05) is 6.26 Å². The van der Waals surface area contributed by atoms with Crippen molar-refractivity contribution >= 4 is 11.8 Å². The molecule has 1 unspecified atom stereocenters. The van der Waals surface area contributed by atoms with Crippen molar-refractivity contribution in [1.29, 1.82) is 0 Å². The molecule has 1 nitrogen and oxygen atoms in total. The van der Waals surface area contributed by atoms with Gasteiger partial charge in [-0.05, 0) is 12.3 Å². The Hall–Kier alpha value is -0.540. The van der Waals surface area contributed by atoms with Crippen LogP contribution in [0, 0.1) is 5.82 Å². The summed E-state index contributed by atoms with van der Waals surface area (Å²) in [6, 6.07) is 6.45. The van der Waals surface area contributed by atoms with Gasteiger partial charge in [0.1, 0.15) is 5.82 Å². The summed E-state index contributed by atoms with van der Waals surface area (Å²) in [4.78, 5) is 0. The minimum atomic E-state index is -0.209. The number of hydrogen-bond donors (Lipinski definition) is 1. The summed E-state index contributed by atoms with van der Waals surface area (Å²) in [6.45, 7) is 0. The molecule has 1 rings (SSSR count). The van der Waals surface area contributed by atoms with Crippen molar-refractivity contribution in [3.8, 4) is 0 Å². The van der Waals surface area contributed by atoms with Gasteiger partial charge in [0.2, 0.25) is 0 Å². The summed E-state index contributed by atoms with van der Waals surface area (Å²) in [7, 11) is 0. The lowest BCUT2D eigenvalue weighted by molar-refractivity contribution is 0.595. The minimum absolute atomic E-state index is 0.193. The molecule has 0 aliphatic rings. The number of nitrogens with two attached hydrogens (primary N) is 1. The van der Waals surface area contributed by atoms with E-state index in [4.69, 9.17) is 5.73 Å². The second kappa shape index (κ2) is 4.48. The van der Waals surface area contributed by atoms with Crippen LogP contribution in [0.25, 0.3) is 0 Å². The van der Waals surface area contributed by atoms with Crippen LogP contribution in [0.1, 0.15) is 11.6 Å². The predicted octanol–water partition coefficient (Wildman–Crippen LogP) is 2.19. The van der Waals surface area contributed by atoms with Crippen molar-refractivity contribution in [2.24, 2.45) is 5.73 Å². The molecule has 0 saturated carbocycles. The maximum atomic E-state index is 13.1. The highest BCUT2D eigenvalue weighted by atomic mass is 32.2. The second-order valence-electron chi connectivity index (χ2n) is 2.58. The van der Waals surface area contributed by atoms with E-state index in [-0.39, 0.29) is 11.9 Å². The van der Waals surface area contributed by atoms with Crippen LogP contribution >= 0.6 is 11.8 Å². The van der Waals surface area contributed by atoms with Crippen LogP contribution in [-0.4, -0.2) is 12.0 Å². The van der Waals surface area contributed by atoms with E-state index in [2.05, 4.69) is 0 Å². The van der Waals surface area contributed by atoms with E-state index in [1.54, 1.807) is 30.0 Å². The Morgan fingerprint density at radius 2 is 2.17 bits per heavy atom. The van der Waals surface area contributed by atoms with E-state index in [0.29, 0.717) is 5.56 Å². The van der Waals surface area contributed by atoms with Crippen molar-refractivity contribution < 1.29 is 4.39 Å². The van der Waals surface area contributed by atoms with E-state index < -0.39 is 0 Å². The van der Waals surface area contributed by atoms with Crippen molar-refractivity contribution in [3.63, 3.8) is 0 Å². The Labute approximate surface area is 76.2 Å². The van der Waals surface area contributed by atoms with Gasteiger partial charge in [0.05, 0.1) is 0 Å². The van der Waals surface area contributed by atoms with E-state index in [0.717, 1.165) is 5.75 Å². The third-order valence-electron chi connectivity index (χ3n) is 1.65. The normalized spacial score (nSPS) is 12.9. The van der Waals surface area contributed by atoms with Gasteiger partial charge in [0.15, 0.2) is 0 Å². The molecule has 0 aliphatic heterocycles. The van der Waals surface area contributed by atoms with Gasteiger partial charge in [0, 0.05) is 17.4 Å². The molecule has 0 saturated heterocycles. The van der Waals surface area contributed by atoms with Crippen LogP contribution in [0.15, 0.2) is 24.3 Å². The zero-order chi connectivity index (χ0) is 8.97. The molecule has 1 aromatic carbocycles. The summed E-state index contributed by atoms with van der Waals surface area (Å²) >= 11 is 1.62. The van der Waals surface area contributed by atoms with Gasteiger partial charge < -0.3 is 5.73 Å². The molecule has 12 heavy (non-hydrogen) atoms. The van der Waals surface area contributed by atoms with Crippen molar-refractivity contribution in [1.82, 2.24) is 0 Å². The van der Waals surface area contributed by atoms with E-state index >= 15 is 0 Å². The maximum absolute atomic E-state index is 13.1. The van der Waals surface area contributed by atoms with Crippen molar-refractivity contribution in [2.45, 2.75) is 6.04 Å². The summed E-state index contributed by atoms with van der Waals surface area (Å²) in [5.74, 6) is 0.542. The fourth-order valence-corrected chi connectivity index (χ4v) is 1.58. The molecule has 3 heteroatoms. The first kappa shape index (κ1) is 9.55. The van der Waals surface area contributed by atoms with Gasteiger partial charge in [-0.1, -0.05) is 18.2 Å². The van der Waals surface area contributed by atoms with Gasteiger partial charge in [-0.2, -0.15) is 11.8 Å². The summed E-state index contributed by atoms with van der Waals surface area (Å²) in [6.07, 6.45) is 1.96. The molecule has 0 spiro atoms. The second-order valence-corrected chi connectivity index (χ2v) is 3.49. The zero-order valence-electron chi connectivity index (χ0n) is 6.96. The number of rotatable bonds is 3. The first-order valence-corrected chi connectivity index (χ1v) is 5.14. The van der Waals surface area contributed by atoms with Crippen molar-refractivity contribution in [3.05, 3.63) is 35.6 Å². The molecule has 66 valence electrons. The van der Waals surface area contributed by atoms with E-state index in [9.17, 15) is 4.39 Å². The highest BCUT2D eigenvalue weighted by molar-refractivity contribution is 7.98. The Morgan fingerprint density at radius 3 is 2.75 bits per heavy atom. The highest BCUT2D eigenvalue weighted by Crippen LogP contribution is 2.17. The van der Waals surface area contributed by atoms with Crippen LogP contribution in [0.2, 0.25) is 0 Å². The van der Waals surface area contributed by atoms with Crippen LogP contribution in [-0.2, 0) is 0 Å². The fourth-order valence-electron chi connectivity index (χ4n) is 1.05. The molecule has 0 aromatic heterocycles. The monoisotopic (exact) mass is 185 g/mol. The minimum Gasteiger partial charge on any atom is -0.323 e. The first-order chi connectivity index (χ1) is 5.75. The molecule has 2 N–H and O–H groups in total. The molecule has 1 atom stereocenters. The van der Waals surface area contributed by atoms with Gasteiger partial charge in [-0.3, -0.25) is 0 Å². The predicted molar refractivity (Wildman–Crippen MR) is 51.7 cm³/mol. The van der Waals surface area contributed by atoms with E-state index in [1.165, 1.54) is 6.07 Å². The molecule has 0 radical (unpaired) electrons. The van der Waals surface area contributed by atoms with Crippen molar-refractivity contribution in [2.75, 3.05) is 12.0 Å². The molecule has 0 amide bonds. The molecule has 0 bridgehead atoms. The Balaban J connectivity index is 2.79. The quantitative estimate of drug-likeness (QED) is 0.781. The number of halogens is 1. The number of thioether (sulfide) groups is 1. The molecular weight excluding hydrogens is 173 g/mol. The van der Waals surface area contributed by atoms with Gasteiger partial charge in [0.25, 0.3) is 0 Å². The Morgan fingerprint density at radius 1 is 1.50 bits per heavy atom. The average molecular weight is 185 g/mol. The largest absolute Gasteiger partial charge is 0.323 e. The summed E-state index contributed by atoms with van der Waals surface area (Å²) in [5, 5.41) is 0. The molecule has 0 aliphatic carbocycles. The Bertz CT molecular complexity index is 252. The lowest BCUT2D eigenvalue weighted by Crippen LogP contribution is -2.14. The topological polar surface area (TPSA) is 26.0 Å². The van der Waals surface area contributed by atoms with Crippen LogP contribution in [0.4, 0.5) is 4.39 Å². The first-order valence-electron chi connectivity index (χ1n) is 3.74. The maximum Gasteiger partial charge on any atom is 0.128 e. The molecule has 0 heterocycles. The van der Waals surface area contributed by atoms with Crippen LogP contribution in [0.5, 0.6) is 0 Å². The summed E-state index contributed by atoms with van der Waals surface area (Å²) < 4.78 is 13.1. The van der Waals surface area contributed by atoms with Gasteiger partial charge >= 0.3 is 0 Å². The third kappa shape index (κ3) is 2.22. The smallest absolute Gasteiger partial charge is 0.128 e. The molecule has 0 fully saturated rings.